The van der Waals surface area contributed by atoms with Gasteiger partial charge in [-0.2, -0.15) is 0 Å². The number of hydrogen-bond acceptors (Lipinski definition) is 4. The van der Waals surface area contributed by atoms with E-state index in [1.165, 1.54) is 0 Å². The van der Waals surface area contributed by atoms with E-state index >= 15 is 0 Å². The lowest BCUT2D eigenvalue weighted by atomic mass is 9.93. The van der Waals surface area contributed by atoms with E-state index in [2.05, 4.69) is 27.0 Å². The van der Waals surface area contributed by atoms with Gasteiger partial charge in [-0.05, 0) is 49.2 Å². The largest absolute Gasteiger partial charge is 0.481 e. The maximum Gasteiger partial charge on any atom is 0.307 e. The third kappa shape index (κ3) is 3.30. The Balaban J connectivity index is 1.76. The van der Waals surface area contributed by atoms with E-state index in [-0.39, 0.29) is 12.0 Å². The minimum absolute atomic E-state index is 0.0875. The van der Waals surface area contributed by atoms with Crippen LogP contribution in [-0.2, 0) is 4.79 Å². The Morgan fingerprint density at radius 3 is 2.81 bits per heavy atom. The summed E-state index contributed by atoms with van der Waals surface area (Å²) in [6.45, 7) is 1.39. The molecule has 0 aliphatic carbocycles. The number of aliphatic carboxylic acids is 1. The van der Waals surface area contributed by atoms with Crippen LogP contribution in [0.5, 0.6) is 0 Å². The Kier molecular flexibility index (Phi) is 4.63. The van der Waals surface area contributed by atoms with E-state index in [9.17, 15) is 9.90 Å². The molecule has 4 rings (SSSR count). The van der Waals surface area contributed by atoms with Gasteiger partial charge in [0.1, 0.15) is 0 Å². The lowest BCUT2D eigenvalue weighted by Crippen LogP contribution is -2.41. The minimum atomic E-state index is -0.717. The number of likely N-dealkylation sites (tertiary alicyclic amines) is 1. The fourth-order valence-corrected chi connectivity index (χ4v) is 3.79. The van der Waals surface area contributed by atoms with Crippen molar-refractivity contribution in [3.63, 3.8) is 0 Å². The van der Waals surface area contributed by atoms with Gasteiger partial charge in [0.05, 0.1) is 23.2 Å². The van der Waals surface area contributed by atoms with Gasteiger partial charge in [-0.3, -0.25) is 19.7 Å². The molecule has 132 valence electrons. The molecule has 1 aliphatic rings. The number of nitrogens with zero attached hydrogens (tertiary/aromatic N) is 3. The van der Waals surface area contributed by atoms with Gasteiger partial charge in [0.15, 0.2) is 0 Å². The van der Waals surface area contributed by atoms with E-state index in [1.807, 2.05) is 42.6 Å². The highest BCUT2D eigenvalue weighted by Gasteiger charge is 2.32. The van der Waals surface area contributed by atoms with Crippen LogP contribution in [-0.4, -0.2) is 39.0 Å². The van der Waals surface area contributed by atoms with Crippen molar-refractivity contribution in [1.82, 2.24) is 14.9 Å². The molecule has 3 aromatic rings. The maximum atomic E-state index is 11.5. The van der Waals surface area contributed by atoms with Crippen LogP contribution in [0.2, 0.25) is 0 Å². The van der Waals surface area contributed by atoms with Gasteiger partial charge in [-0.1, -0.05) is 24.3 Å². The molecule has 0 spiro atoms. The third-order valence-corrected chi connectivity index (χ3v) is 5.06. The molecular formula is C21H21N3O2. The fraction of sp³-hybridized carbons (Fsp3) is 0.286. The summed E-state index contributed by atoms with van der Waals surface area (Å²) in [5.74, 6) is -1.05. The number of pyridine rings is 2. The third-order valence-electron chi connectivity index (χ3n) is 5.06. The highest BCUT2D eigenvalue weighted by Crippen LogP contribution is 2.32. The summed E-state index contributed by atoms with van der Waals surface area (Å²) in [4.78, 5) is 22.9. The highest BCUT2D eigenvalue weighted by molar-refractivity contribution is 5.79. The Morgan fingerprint density at radius 2 is 2.00 bits per heavy atom. The van der Waals surface area contributed by atoms with Gasteiger partial charge in [0.25, 0.3) is 0 Å². The van der Waals surface area contributed by atoms with Crippen molar-refractivity contribution < 1.29 is 9.90 Å². The van der Waals surface area contributed by atoms with Crippen LogP contribution in [0.15, 0.2) is 60.9 Å². The van der Waals surface area contributed by atoms with Gasteiger partial charge in [-0.15, -0.1) is 0 Å². The second kappa shape index (κ2) is 7.22. The predicted molar refractivity (Wildman–Crippen MR) is 99.8 cm³/mol. The van der Waals surface area contributed by atoms with E-state index in [0.717, 1.165) is 41.5 Å². The Bertz CT molecular complexity index is 913. The summed E-state index contributed by atoms with van der Waals surface area (Å²) in [7, 11) is 0. The van der Waals surface area contributed by atoms with Gasteiger partial charge >= 0.3 is 5.97 Å². The van der Waals surface area contributed by atoms with Crippen molar-refractivity contribution in [2.24, 2.45) is 5.92 Å². The first-order valence-corrected chi connectivity index (χ1v) is 8.95. The zero-order valence-corrected chi connectivity index (χ0v) is 14.5. The van der Waals surface area contributed by atoms with Crippen LogP contribution in [0, 0.1) is 5.92 Å². The van der Waals surface area contributed by atoms with Crippen molar-refractivity contribution >= 4 is 16.9 Å². The fourth-order valence-electron chi connectivity index (χ4n) is 3.79. The summed E-state index contributed by atoms with van der Waals surface area (Å²) in [5, 5.41) is 10.5. The number of piperidine rings is 1. The molecule has 2 atom stereocenters. The molecule has 5 heteroatoms. The molecule has 1 saturated heterocycles. The molecule has 2 unspecified atom stereocenters. The van der Waals surface area contributed by atoms with Crippen LogP contribution in [0.3, 0.4) is 0 Å². The molecule has 3 heterocycles. The summed E-state index contributed by atoms with van der Waals surface area (Å²) in [5.41, 5.74) is 2.93. The molecule has 5 nitrogen and oxygen atoms in total. The summed E-state index contributed by atoms with van der Waals surface area (Å²) >= 11 is 0. The summed E-state index contributed by atoms with van der Waals surface area (Å²) < 4.78 is 0. The standard InChI is InChI=1S/C21H21N3O2/c25-21(26)16-7-5-11-24(14-16)20(19-9-3-4-10-22-19)17-12-15-6-1-2-8-18(15)23-13-17/h1-4,6,8-10,12-13,16,20H,5,7,11,14H2,(H,25,26). The summed E-state index contributed by atoms with van der Waals surface area (Å²) in [6, 6.07) is 16.0. The number of hydrogen-bond donors (Lipinski definition) is 1. The van der Waals surface area contributed by atoms with Gasteiger partial charge in [0.2, 0.25) is 0 Å². The molecule has 1 fully saturated rings. The first-order chi connectivity index (χ1) is 12.7. The maximum absolute atomic E-state index is 11.5. The molecule has 0 saturated carbocycles. The minimum Gasteiger partial charge on any atom is -0.481 e. The van der Waals surface area contributed by atoms with Gasteiger partial charge in [0, 0.05) is 24.3 Å². The molecule has 0 radical (unpaired) electrons. The molecule has 26 heavy (non-hydrogen) atoms. The second-order valence-corrected chi connectivity index (χ2v) is 6.79. The van der Waals surface area contributed by atoms with Crippen molar-refractivity contribution in [3.8, 4) is 0 Å². The number of carbonyl (C=O) groups is 1. The van der Waals surface area contributed by atoms with E-state index in [1.54, 1.807) is 6.20 Å². The Morgan fingerprint density at radius 1 is 1.15 bits per heavy atom. The molecule has 1 aliphatic heterocycles. The number of benzene rings is 1. The van der Waals surface area contributed by atoms with Crippen LogP contribution in [0.4, 0.5) is 0 Å². The van der Waals surface area contributed by atoms with Crippen LogP contribution < -0.4 is 0 Å². The molecule has 1 aromatic carbocycles. The molecular weight excluding hydrogens is 326 g/mol. The van der Waals surface area contributed by atoms with Gasteiger partial charge in [-0.25, -0.2) is 0 Å². The van der Waals surface area contributed by atoms with E-state index < -0.39 is 5.97 Å². The van der Waals surface area contributed by atoms with Crippen molar-refractivity contribution in [2.75, 3.05) is 13.1 Å². The smallest absolute Gasteiger partial charge is 0.307 e. The van der Waals surface area contributed by atoms with E-state index in [0.29, 0.717) is 6.54 Å². The first kappa shape index (κ1) is 16.7. The first-order valence-electron chi connectivity index (χ1n) is 8.95. The molecule has 0 bridgehead atoms. The normalized spacial score (nSPS) is 19.3. The number of para-hydroxylation sites is 1. The molecule has 0 amide bonds. The second-order valence-electron chi connectivity index (χ2n) is 6.79. The van der Waals surface area contributed by atoms with Crippen LogP contribution in [0.25, 0.3) is 10.9 Å². The van der Waals surface area contributed by atoms with E-state index in [4.69, 9.17) is 0 Å². The number of carboxylic acid groups (broad SMARTS) is 1. The van der Waals surface area contributed by atoms with Crippen molar-refractivity contribution in [1.29, 1.82) is 0 Å². The van der Waals surface area contributed by atoms with Crippen LogP contribution >= 0.6 is 0 Å². The zero-order valence-electron chi connectivity index (χ0n) is 14.5. The topological polar surface area (TPSA) is 66.3 Å². The number of fused-ring (bicyclic) bond motifs is 1. The van der Waals surface area contributed by atoms with Crippen molar-refractivity contribution in [2.45, 2.75) is 18.9 Å². The summed E-state index contributed by atoms with van der Waals surface area (Å²) in [6.07, 6.45) is 5.29. The predicted octanol–water partition coefficient (Wildman–Crippen LogP) is 3.52. The van der Waals surface area contributed by atoms with Crippen LogP contribution in [0.1, 0.15) is 30.1 Å². The Labute approximate surface area is 152 Å². The van der Waals surface area contributed by atoms with Gasteiger partial charge < -0.3 is 5.11 Å². The lowest BCUT2D eigenvalue weighted by molar-refractivity contribution is -0.143. The average molecular weight is 347 g/mol. The monoisotopic (exact) mass is 347 g/mol. The highest BCUT2D eigenvalue weighted by atomic mass is 16.4. The number of rotatable bonds is 4. The molecule has 2 aromatic heterocycles. The number of carboxylic acids is 1. The zero-order chi connectivity index (χ0) is 17.9. The SMILES string of the molecule is O=C(O)C1CCCN(C(c2cnc3ccccc3c2)c2ccccn2)C1. The Hall–Kier alpha value is -2.79. The quantitative estimate of drug-likeness (QED) is 0.782. The lowest BCUT2D eigenvalue weighted by Gasteiger charge is -2.37. The molecule has 1 N–H and O–H groups in total. The average Bonchev–Trinajstić information content (AvgIpc) is 2.69. The van der Waals surface area contributed by atoms with Crippen molar-refractivity contribution in [3.05, 3.63) is 72.2 Å². The number of aromatic nitrogens is 2.